The first-order valence-electron chi connectivity index (χ1n) is 7.18. The highest BCUT2D eigenvalue weighted by Crippen LogP contribution is 2.33. The average Bonchev–Trinajstić information content (AvgIpc) is 2.41. The smallest absolute Gasteiger partial charge is 0.246 e. The number of nitrogens with zero attached hydrogens (tertiary/aromatic N) is 1. The van der Waals surface area contributed by atoms with E-state index in [1.807, 2.05) is 26.8 Å². The molecule has 0 saturated carbocycles. The summed E-state index contributed by atoms with van der Waals surface area (Å²) in [5, 5.41) is 0. The third-order valence-electron chi connectivity index (χ3n) is 4.14. The van der Waals surface area contributed by atoms with Gasteiger partial charge in [-0.25, -0.2) is 8.42 Å². The number of sulfonamides is 1. The maximum Gasteiger partial charge on any atom is 0.246 e. The summed E-state index contributed by atoms with van der Waals surface area (Å²) < 4.78 is 32.7. The number of hydrogen-bond donors (Lipinski definition) is 1. The van der Waals surface area contributed by atoms with Crippen molar-refractivity contribution in [2.24, 2.45) is 11.7 Å². The Kier molecular flexibility index (Phi) is 4.60. The standard InChI is InChI=1S/C15H24N2O3S/c1-10-7-11(2)15(20-4)14(8-10)21(18,19)17-6-5-13(16)12(3)9-17/h7-8,12-13H,5-6,9,16H2,1-4H3. The molecule has 0 radical (unpaired) electrons. The van der Waals surface area contributed by atoms with E-state index in [-0.39, 0.29) is 16.9 Å². The maximum atomic E-state index is 12.9. The van der Waals surface area contributed by atoms with Gasteiger partial charge in [0, 0.05) is 19.1 Å². The van der Waals surface area contributed by atoms with Crippen LogP contribution >= 0.6 is 0 Å². The minimum atomic E-state index is -3.55. The number of aryl methyl sites for hydroxylation is 2. The van der Waals surface area contributed by atoms with Crippen LogP contribution < -0.4 is 10.5 Å². The average molecular weight is 312 g/mol. The Labute approximate surface area is 127 Å². The predicted molar refractivity (Wildman–Crippen MR) is 83.0 cm³/mol. The van der Waals surface area contributed by atoms with Crippen LogP contribution in [-0.2, 0) is 10.0 Å². The second-order valence-electron chi connectivity index (χ2n) is 5.91. The van der Waals surface area contributed by atoms with Crippen molar-refractivity contribution in [2.45, 2.75) is 38.1 Å². The van der Waals surface area contributed by atoms with E-state index in [2.05, 4.69) is 0 Å². The number of methoxy groups -OCH3 is 1. The molecule has 0 aliphatic carbocycles. The Bertz CT molecular complexity index is 628. The zero-order chi connectivity index (χ0) is 15.8. The molecule has 0 bridgehead atoms. The van der Waals surface area contributed by atoms with Gasteiger partial charge in [-0.05, 0) is 43.4 Å². The second kappa shape index (κ2) is 5.94. The molecule has 0 spiro atoms. The van der Waals surface area contributed by atoms with E-state index in [0.717, 1.165) is 11.1 Å². The van der Waals surface area contributed by atoms with Crippen molar-refractivity contribution in [3.63, 3.8) is 0 Å². The van der Waals surface area contributed by atoms with E-state index < -0.39 is 10.0 Å². The SMILES string of the molecule is COc1c(C)cc(C)cc1S(=O)(=O)N1CCC(N)C(C)C1. The van der Waals surface area contributed by atoms with Crippen molar-refractivity contribution in [1.82, 2.24) is 4.31 Å². The van der Waals surface area contributed by atoms with E-state index >= 15 is 0 Å². The Hall–Kier alpha value is -1.11. The molecule has 2 N–H and O–H groups in total. The lowest BCUT2D eigenvalue weighted by Crippen LogP contribution is -2.48. The third kappa shape index (κ3) is 3.07. The highest BCUT2D eigenvalue weighted by molar-refractivity contribution is 7.89. The molecule has 2 unspecified atom stereocenters. The molecule has 1 fully saturated rings. The fourth-order valence-corrected chi connectivity index (χ4v) is 4.72. The molecule has 1 saturated heterocycles. The number of nitrogens with two attached hydrogens (primary N) is 1. The van der Waals surface area contributed by atoms with Gasteiger partial charge in [-0.2, -0.15) is 4.31 Å². The van der Waals surface area contributed by atoms with Crippen LogP contribution in [0.15, 0.2) is 17.0 Å². The van der Waals surface area contributed by atoms with Crippen LogP contribution in [0, 0.1) is 19.8 Å². The van der Waals surface area contributed by atoms with Crippen molar-refractivity contribution in [1.29, 1.82) is 0 Å². The fourth-order valence-electron chi connectivity index (χ4n) is 2.85. The van der Waals surface area contributed by atoms with Crippen LogP contribution in [0.25, 0.3) is 0 Å². The van der Waals surface area contributed by atoms with Gasteiger partial charge in [0.1, 0.15) is 10.6 Å². The Balaban J connectivity index is 2.45. The minimum absolute atomic E-state index is 0.0672. The minimum Gasteiger partial charge on any atom is -0.495 e. The molecule has 0 amide bonds. The van der Waals surface area contributed by atoms with Gasteiger partial charge in [-0.15, -0.1) is 0 Å². The van der Waals surface area contributed by atoms with Crippen molar-refractivity contribution in [2.75, 3.05) is 20.2 Å². The van der Waals surface area contributed by atoms with Gasteiger partial charge in [-0.1, -0.05) is 13.0 Å². The van der Waals surface area contributed by atoms with E-state index in [1.54, 1.807) is 6.07 Å². The zero-order valence-corrected chi connectivity index (χ0v) is 13.9. The first-order chi connectivity index (χ1) is 9.77. The summed E-state index contributed by atoms with van der Waals surface area (Å²) >= 11 is 0. The van der Waals surface area contributed by atoms with Crippen molar-refractivity contribution >= 4 is 10.0 Å². The number of piperidine rings is 1. The molecule has 6 heteroatoms. The molecule has 1 heterocycles. The number of benzene rings is 1. The largest absolute Gasteiger partial charge is 0.495 e. The number of rotatable bonds is 3. The highest BCUT2D eigenvalue weighted by Gasteiger charge is 2.34. The van der Waals surface area contributed by atoms with Gasteiger partial charge >= 0.3 is 0 Å². The van der Waals surface area contributed by atoms with Crippen LogP contribution in [0.1, 0.15) is 24.5 Å². The van der Waals surface area contributed by atoms with E-state index in [4.69, 9.17) is 10.5 Å². The maximum absolute atomic E-state index is 12.9. The Morgan fingerprint density at radius 2 is 2.00 bits per heavy atom. The summed E-state index contributed by atoms with van der Waals surface area (Å²) in [4.78, 5) is 0.255. The molecule has 1 aromatic rings. The van der Waals surface area contributed by atoms with Crippen LogP contribution in [0.4, 0.5) is 0 Å². The molecule has 5 nitrogen and oxygen atoms in total. The number of hydrogen-bond acceptors (Lipinski definition) is 4. The number of ether oxygens (including phenoxy) is 1. The summed E-state index contributed by atoms with van der Waals surface area (Å²) in [5.41, 5.74) is 7.72. The lowest BCUT2D eigenvalue weighted by atomic mass is 9.96. The molecule has 118 valence electrons. The Morgan fingerprint density at radius 3 is 2.57 bits per heavy atom. The molecule has 21 heavy (non-hydrogen) atoms. The topological polar surface area (TPSA) is 72.6 Å². The van der Waals surface area contributed by atoms with Crippen LogP contribution in [0.3, 0.4) is 0 Å². The lowest BCUT2D eigenvalue weighted by Gasteiger charge is -2.34. The van der Waals surface area contributed by atoms with Gasteiger partial charge in [0.2, 0.25) is 10.0 Å². The van der Waals surface area contributed by atoms with Crippen molar-refractivity contribution in [3.8, 4) is 5.75 Å². The monoisotopic (exact) mass is 312 g/mol. The molecule has 1 aromatic carbocycles. The molecule has 1 aliphatic rings. The van der Waals surface area contributed by atoms with E-state index in [0.29, 0.717) is 25.3 Å². The van der Waals surface area contributed by atoms with Gasteiger partial charge in [0.25, 0.3) is 0 Å². The molecule has 0 aromatic heterocycles. The zero-order valence-electron chi connectivity index (χ0n) is 13.1. The van der Waals surface area contributed by atoms with Gasteiger partial charge in [-0.3, -0.25) is 0 Å². The first-order valence-corrected chi connectivity index (χ1v) is 8.62. The molecular weight excluding hydrogens is 288 g/mol. The van der Waals surface area contributed by atoms with E-state index in [9.17, 15) is 8.42 Å². The summed E-state index contributed by atoms with van der Waals surface area (Å²) in [5.74, 6) is 0.591. The molecule has 2 atom stereocenters. The second-order valence-corrected chi connectivity index (χ2v) is 7.81. The summed E-state index contributed by atoms with van der Waals surface area (Å²) in [6, 6.07) is 3.67. The summed E-state index contributed by atoms with van der Waals surface area (Å²) in [7, 11) is -2.05. The van der Waals surface area contributed by atoms with Gasteiger partial charge < -0.3 is 10.5 Å². The first kappa shape index (κ1) is 16.3. The normalized spacial score (nSPS) is 24.0. The Morgan fingerprint density at radius 1 is 1.33 bits per heavy atom. The van der Waals surface area contributed by atoms with Crippen molar-refractivity contribution in [3.05, 3.63) is 23.3 Å². The summed E-state index contributed by atoms with van der Waals surface area (Å²) in [6.45, 7) is 6.66. The van der Waals surface area contributed by atoms with Crippen molar-refractivity contribution < 1.29 is 13.2 Å². The third-order valence-corrected chi connectivity index (χ3v) is 6.01. The van der Waals surface area contributed by atoms with Gasteiger partial charge in [0.15, 0.2) is 0 Å². The highest BCUT2D eigenvalue weighted by atomic mass is 32.2. The summed E-state index contributed by atoms with van der Waals surface area (Å²) in [6.07, 6.45) is 0.688. The fraction of sp³-hybridized carbons (Fsp3) is 0.600. The van der Waals surface area contributed by atoms with Crippen LogP contribution in [-0.4, -0.2) is 39.0 Å². The predicted octanol–water partition coefficient (Wildman–Crippen LogP) is 1.67. The molecule has 2 rings (SSSR count). The lowest BCUT2D eigenvalue weighted by molar-refractivity contribution is 0.249. The molecule has 1 aliphatic heterocycles. The quantitative estimate of drug-likeness (QED) is 0.921. The van der Waals surface area contributed by atoms with E-state index in [1.165, 1.54) is 11.4 Å². The molecular formula is C15H24N2O3S. The van der Waals surface area contributed by atoms with Gasteiger partial charge in [0.05, 0.1) is 7.11 Å². The van der Waals surface area contributed by atoms with Crippen LogP contribution in [0.5, 0.6) is 5.75 Å². The van der Waals surface area contributed by atoms with Crippen LogP contribution in [0.2, 0.25) is 0 Å².